The van der Waals surface area contributed by atoms with Gasteiger partial charge in [0.15, 0.2) is 11.7 Å². The minimum Gasteiger partial charge on any atom is -0.483 e. The molecule has 0 bridgehead atoms. The van der Waals surface area contributed by atoms with Crippen LogP contribution in [0.5, 0.6) is 5.75 Å². The molecule has 11 heteroatoms. The minimum absolute atomic E-state index is 0.220. The van der Waals surface area contributed by atoms with Crippen molar-refractivity contribution in [1.82, 2.24) is 20.6 Å². The second kappa shape index (κ2) is 13.3. The molecule has 3 N–H and O–H groups in total. The van der Waals surface area contributed by atoms with E-state index in [1.165, 1.54) is 6.07 Å². The van der Waals surface area contributed by atoms with Gasteiger partial charge in [0.05, 0.1) is 31.0 Å². The quantitative estimate of drug-likeness (QED) is 0.105. The highest BCUT2D eigenvalue weighted by Crippen LogP contribution is 2.33. The molecule has 0 unspecified atom stereocenters. The zero-order valence-electron chi connectivity index (χ0n) is 23.6. The molecule has 1 aromatic heterocycles. The lowest BCUT2D eigenvalue weighted by atomic mass is 9.95. The lowest BCUT2D eigenvalue weighted by Gasteiger charge is -2.30. The van der Waals surface area contributed by atoms with Gasteiger partial charge in [-0.25, -0.2) is 14.6 Å². The third-order valence-electron chi connectivity index (χ3n) is 6.86. The highest BCUT2D eigenvalue weighted by Gasteiger charge is 2.32. The number of rotatable bonds is 10. The van der Waals surface area contributed by atoms with Crippen LogP contribution in [0.3, 0.4) is 0 Å². The van der Waals surface area contributed by atoms with Crippen LogP contribution < -0.4 is 20.8 Å². The Morgan fingerprint density at radius 3 is 2.65 bits per heavy atom. The zero-order chi connectivity index (χ0) is 30.3. The maximum absolute atomic E-state index is 14.3. The summed E-state index contributed by atoms with van der Waals surface area (Å²) in [5.74, 6) is -0.835. The summed E-state index contributed by atoms with van der Waals surface area (Å²) in [6.45, 7) is 3.73. The summed E-state index contributed by atoms with van der Waals surface area (Å²) < 4.78 is 27.4. The number of amides is 1. The number of esters is 1. The van der Waals surface area contributed by atoms with Crippen molar-refractivity contribution in [2.24, 2.45) is 5.10 Å². The van der Waals surface area contributed by atoms with Crippen molar-refractivity contribution in [2.75, 3.05) is 13.2 Å². The molecule has 0 spiro atoms. The molecule has 4 aromatic rings. The number of thiocarbonyl (C=S) groups is 1. The Balaban J connectivity index is 1.28. The topological polar surface area (TPSA) is 106 Å². The first kappa shape index (κ1) is 29.5. The van der Waals surface area contributed by atoms with E-state index in [0.717, 1.165) is 16.5 Å². The highest BCUT2D eigenvalue weighted by atomic mass is 32.1. The summed E-state index contributed by atoms with van der Waals surface area (Å²) in [6.07, 6.45) is 3.41. The lowest BCUT2D eigenvalue weighted by Crippen LogP contribution is -2.45. The van der Waals surface area contributed by atoms with Crippen LogP contribution in [-0.4, -0.2) is 41.0 Å². The first-order chi connectivity index (χ1) is 20.9. The van der Waals surface area contributed by atoms with Gasteiger partial charge in [0.1, 0.15) is 11.6 Å². The van der Waals surface area contributed by atoms with Gasteiger partial charge in [0, 0.05) is 39.5 Å². The number of aromatic nitrogens is 1. The number of hydrogen-bond donors (Lipinski definition) is 3. The van der Waals surface area contributed by atoms with Gasteiger partial charge in [0.2, 0.25) is 0 Å². The molecule has 0 saturated heterocycles. The summed E-state index contributed by atoms with van der Waals surface area (Å²) in [4.78, 5) is 25.4. The molecule has 1 aliphatic rings. The monoisotopic (exact) mass is 599 g/mol. The number of allylic oxidation sites excluding steroid dienone is 1. The molecular weight excluding hydrogens is 569 g/mol. The number of hydrazone groups is 1. The van der Waals surface area contributed by atoms with E-state index in [9.17, 15) is 14.0 Å². The van der Waals surface area contributed by atoms with Gasteiger partial charge in [-0.3, -0.25) is 4.79 Å². The number of hydrogen-bond acceptors (Lipinski definition) is 6. The fourth-order valence-corrected chi connectivity index (χ4v) is 5.20. The molecule has 5 rings (SSSR count). The third-order valence-corrected chi connectivity index (χ3v) is 7.08. The number of carbonyl (C=O) groups excluding carboxylic acids is 2. The van der Waals surface area contributed by atoms with Gasteiger partial charge in [-0.1, -0.05) is 54.6 Å². The molecule has 43 heavy (non-hydrogen) atoms. The van der Waals surface area contributed by atoms with Crippen molar-refractivity contribution in [3.05, 3.63) is 113 Å². The van der Waals surface area contributed by atoms with Crippen LogP contribution in [0.2, 0.25) is 0 Å². The van der Waals surface area contributed by atoms with Crippen molar-refractivity contribution >= 4 is 46.3 Å². The van der Waals surface area contributed by atoms with E-state index in [4.69, 9.17) is 21.7 Å². The molecule has 2 heterocycles. The molecular formula is C32H30FN5O4S. The molecule has 0 radical (unpaired) electrons. The predicted molar refractivity (Wildman–Crippen MR) is 166 cm³/mol. The number of nitrogens with zero attached hydrogens (tertiary/aromatic N) is 2. The Labute approximate surface area is 253 Å². The normalized spacial score (nSPS) is 14.9. The predicted octanol–water partition coefficient (Wildman–Crippen LogP) is 4.71. The molecule has 1 aliphatic heterocycles. The number of carbonyl (C=O) groups is 2. The summed E-state index contributed by atoms with van der Waals surface area (Å²) in [6, 6.07) is 20.8. The van der Waals surface area contributed by atoms with Crippen molar-refractivity contribution in [3.8, 4) is 5.75 Å². The minimum atomic E-state index is -0.633. The number of halogens is 1. The second-order valence-corrected chi connectivity index (χ2v) is 10.1. The Kier molecular flexibility index (Phi) is 9.11. The Hall–Kier alpha value is -5.03. The van der Waals surface area contributed by atoms with E-state index >= 15 is 0 Å². The lowest BCUT2D eigenvalue weighted by molar-refractivity contribution is -0.139. The van der Waals surface area contributed by atoms with Gasteiger partial charge in [-0.05, 0) is 44.3 Å². The van der Waals surface area contributed by atoms with E-state index < -0.39 is 17.9 Å². The van der Waals surface area contributed by atoms with Gasteiger partial charge in [0.25, 0.3) is 5.91 Å². The van der Waals surface area contributed by atoms with Gasteiger partial charge >= 0.3 is 5.97 Å². The number of ether oxygens (including phenoxy) is 2. The molecule has 1 atom stereocenters. The average Bonchev–Trinajstić information content (AvgIpc) is 3.34. The second-order valence-electron chi connectivity index (χ2n) is 9.73. The third kappa shape index (κ3) is 6.73. The summed E-state index contributed by atoms with van der Waals surface area (Å²) in [7, 11) is 0. The SMILES string of the molecule is CCOC(=O)C1=C(C)NC(=S)N[C@H]1c1ccccc1OCC(=O)NN=Cc1cn(Cc2ccccc2F)c2ccccc12. The molecule has 0 saturated carbocycles. The van der Waals surface area contributed by atoms with Crippen molar-refractivity contribution in [2.45, 2.75) is 26.4 Å². The molecule has 0 aliphatic carbocycles. The molecule has 0 fully saturated rings. The van der Waals surface area contributed by atoms with Crippen LogP contribution in [0.1, 0.15) is 36.6 Å². The van der Waals surface area contributed by atoms with Gasteiger partial charge in [-0.15, -0.1) is 0 Å². The largest absolute Gasteiger partial charge is 0.483 e. The van der Waals surface area contributed by atoms with Gasteiger partial charge in [-0.2, -0.15) is 5.10 Å². The van der Waals surface area contributed by atoms with Crippen LogP contribution in [0.4, 0.5) is 4.39 Å². The van der Waals surface area contributed by atoms with E-state index in [0.29, 0.717) is 39.8 Å². The average molecular weight is 600 g/mol. The van der Waals surface area contributed by atoms with Crippen LogP contribution >= 0.6 is 12.2 Å². The Bertz CT molecular complexity index is 1750. The Morgan fingerprint density at radius 1 is 1.09 bits per heavy atom. The summed E-state index contributed by atoms with van der Waals surface area (Å²) in [5, 5.41) is 11.5. The number of benzene rings is 3. The summed E-state index contributed by atoms with van der Waals surface area (Å²) >= 11 is 5.32. The van der Waals surface area contributed by atoms with Crippen molar-refractivity contribution < 1.29 is 23.5 Å². The summed E-state index contributed by atoms with van der Waals surface area (Å²) in [5.41, 5.74) is 6.30. The van der Waals surface area contributed by atoms with Crippen molar-refractivity contribution in [3.63, 3.8) is 0 Å². The van der Waals surface area contributed by atoms with Crippen LogP contribution in [0.15, 0.2) is 95.4 Å². The molecule has 9 nitrogen and oxygen atoms in total. The zero-order valence-corrected chi connectivity index (χ0v) is 24.4. The van der Waals surface area contributed by atoms with Crippen LogP contribution in [0, 0.1) is 5.82 Å². The van der Waals surface area contributed by atoms with Crippen LogP contribution in [0.25, 0.3) is 10.9 Å². The Morgan fingerprint density at radius 2 is 1.84 bits per heavy atom. The fourth-order valence-electron chi connectivity index (χ4n) is 4.93. The number of fused-ring (bicyclic) bond motifs is 1. The molecule has 1 amide bonds. The van der Waals surface area contributed by atoms with Gasteiger partial charge < -0.3 is 24.7 Å². The van der Waals surface area contributed by atoms with Crippen molar-refractivity contribution in [1.29, 1.82) is 0 Å². The first-order valence-electron chi connectivity index (χ1n) is 13.7. The highest BCUT2D eigenvalue weighted by molar-refractivity contribution is 7.80. The number of para-hydroxylation sites is 2. The fraction of sp³-hybridized carbons (Fsp3) is 0.188. The maximum Gasteiger partial charge on any atom is 0.338 e. The first-order valence-corrected chi connectivity index (χ1v) is 14.1. The number of nitrogens with one attached hydrogen (secondary N) is 3. The van der Waals surface area contributed by atoms with E-state index in [2.05, 4.69) is 21.2 Å². The molecule has 3 aromatic carbocycles. The van der Waals surface area contributed by atoms with E-state index in [1.54, 1.807) is 62.5 Å². The van der Waals surface area contributed by atoms with E-state index in [1.807, 2.05) is 35.0 Å². The van der Waals surface area contributed by atoms with Crippen LogP contribution in [-0.2, 0) is 20.9 Å². The maximum atomic E-state index is 14.3. The molecule has 220 valence electrons. The smallest absolute Gasteiger partial charge is 0.338 e. The van der Waals surface area contributed by atoms with E-state index in [-0.39, 0.29) is 19.0 Å². The standard InChI is InChI=1S/C32H30FN5O4S/c1-3-41-31(40)29-20(2)35-32(43)36-30(29)24-12-6-9-15-27(24)42-19-28(39)37-34-16-22-18-38(26-14-8-5-11-23(22)26)17-21-10-4-7-13-25(21)33/h4-16,18,30H,3,17,19H2,1-2H3,(H,37,39)(H2,35,36,43)/t30-/m0/s1.